The first-order valence-corrected chi connectivity index (χ1v) is 9.55. The molecule has 1 heterocycles. The zero-order chi connectivity index (χ0) is 19.5. The van der Waals surface area contributed by atoms with Crippen LogP contribution >= 0.6 is 0 Å². The van der Waals surface area contributed by atoms with E-state index in [2.05, 4.69) is 53.5 Å². The first-order chi connectivity index (χ1) is 14.3. The number of aliphatic imine (C=N–C) groups is 1. The lowest BCUT2D eigenvalue weighted by Crippen LogP contribution is -2.10. The van der Waals surface area contributed by atoms with Crippen molar-refractivity contribution in [2.24, 2.45) is 4.99 Å². The summed E-state index contributed by atoms with van der Waals surface area (Å²) in [6.45, 7) is 0.268. The summed E-state index contributed by atoms with van der Waals surface area (Å²) in [5, 5.41) is 0. The second kappa shape index (κ2) is 7.64. The van der Waals surface area contributed by atoms with Gasteiger partial charge in [0, 0.05) is 17.8 Å². The fourth-order valence-electron chi connectivity index (χ4n) is 3.42. The molecule has 140 valence electrons. The number of fused-ring (bicyclic) bond motifs is 2. The molecule has 0 aliphatic carbocycles. The van der Waals surface area contributed by atoms with E-state index >= 15 is 0 Å². The first kappa shape index (κ1) is 17.3. The van der Waals surface area contributed by atoms with E-state index in [4.69, 9.17) is 9.47 Å². The first-order valence-electron chi connectivity index (χ1n) is 9.55. The van der Waals surface area contributed by atoms with Gasteiger partial charge in [0.1, 0.15) is 11.5 Å². The Balaban J connectivity index is 1.40. The average molecular weight is 377 g/mol. The van der Waals surface area contributed by atoms with Crippen LogP contribution in [0, 0.1) is 0 Å². The van der Waals surface area contributed by atoms with Gasteiger partial charge in [-0.1, -0.05) is 60.7 Å². The van der Waals surface area contributed by atoms with Crippen LogP contribution in [0.5, 0.6) is 11.5 Å². The summed E-state index contributed by atoms with van der Waals surface area (Å²) in [6, 6.07) is 32.9. The zero-order valence-electron chi connectivity index (χ0n) is 15.8. The molecule has 0 aromatic heterocycles. The SMILES string of the molecule is C(=Nc1ccccc1)c1cccc(-c2ccc(-c3ccc4cc3OCO4)cc2)c1. The third-order valence-corrected chi connectivity index (χ3v) is 4.93. The molecule has 0 atom stereocenters. The molecule has 3 nitrogen and oxygen atoms in total. The molecular weight excluding hydrogens is 358 g/mol. The van der Waals surface area contributed by atoms with Crippen LogP contribution in [-0.2, 0) is 0 Å². The molecule has 3 heteroatoms. The molecule has 2 bridgehead atoms. The van der Waals surface area contributed by atoms with Gasteiger partial charge < -0.3 is 9.47 Å². The lowest BCUT2D eigenvalue weighted by molar-refractivity contribution is 0.106. The molecule has 1 aliphatic rings. The van der Waals surface area contributed by atoms with E-state index in [1.54, 1.807) is 0 Å². The van der Waals surface area contributed by atoms with E-state index in [1.165, 1.54) is 5.56 Å². The third-order valence-electron chi connectivity index (χ3n) is 4.93. The van der Waals surface area contributed by atoms with Gasteiger partial charge in [0.2, 0.25) is 6.79 Å². The lowest BCUT2D eigenvalue weighted by atomic mass is 9.98. The van der Waals surface area contributed by atoms with Crippen LogP contribution < -0.4 is 9.47 Å². The maximum absolute atomic E-state index is 5.62. The number of nitrogens with zero attached hydrogens (tertiary/aromatic N) is 1. The van der Waals surface area contributed by atoms with Crippen LogP contribution in [-0.4, -0.2) is 13.0 Å². The van der Waals surface area contributed by atoms with Gasteiger partial charge in [0.05, 0.1) is 5.69 Å². The highest BCUT2D eigenvalue weighted by Gasteiger charge is 2.13. The van der Waals surface area contributed by atoms with Gasteiger partial charge in [-0.05, 0) is 52.6 Å². The van der Waals surface area contributed by atoms with Gasteiger partial charge in [0.25, 0.3) is 0 Å². The summed E-state index contributed by atoms with van der Waals surface area (Å²) < 4.78 is 11.0. The monoisotopic (exact) mass is 377 g/mol. The molecule has 0 fully saturated rings. The summed E-state index contributed by atoms with van der Waals surface area (Å²) in [4.78, 5) is 4.55. The van der Waals surface area contributed by atoms with Gasteiger partial charge in [-0.15, -0.1) is 0 Å². The molecule has 4 aromatic carbocycles. The van der Waals surface area contributed by atoms with Crippen LogP contribution in [0.2, 0.25) is 0 Å². The van der Waals surface area contributed by atoms with Crippen LogP contribution in [0.15, 0.2) is 102 Å². The standard InChI is InChI=1S/C26H19NO2/c1-2-7-23(8-3-1)27-17-19-5-4-6-22(15-19)20-9-11-21(12-10-20)25-14-13-24-16-26(25)29-18-28-24/h1-17H,18H2. The molecule has 29 heavy (non-hydrogen) atoms. The molecule has 1 aliphatic heterocycles. The molecule has 4 aromatic rings. The molecule has 0 spiro atoms. The van der Waals surface area contributed by atoms with E-state index in [0.717, 1.165) is 39.4 Å². The Labute approximate surface area is 169 Å². The van der Waals surface area contributed by atoms with E-state index in [1.807, 2.05) is 54.7 Å². The molecule has 0 N–H and O–H groups in total. The summed E-state index contributed by atoms with van der Waals surface area (Å²) in [5.74, 6) is 1.71. The lowest BCUT2D eigenvalue weighted by Gasteiger charge is -2.19. The van der Waals surface area contributed by atoms with Crippen molar-refractivity contribution < 1.29 is 9.47 Å². The Morgan fingerprint density at radius 3 is 2.34 bits per heavy atom. The second-order valence-electron chi connectivity index (χ2n) is 6.86. The van der Waals surface area contributed by atoms with Gasteiger partial charge in [-0.2, -0.15) is 0 Å². The van der Waals surface area contributed by atoms with Crippen LogP contribution in [0.3, 0.4) is 0 Å². The second-order valence-corrected chi connectivity index (χ2v) is 6.86. The van der Waals surface area contributed by atoms with Crippen molar-refractivity contribution >= 4 is 11.9 Å². The van der Waals surface area contributed by atoms with Gasteiger partial charge in [-0.25, -0.2) is 0 Å². The normalized spacial score (nSPS) is 12.4. The minimum absolute atomic E-state index is 0.268. The Bertz CT molecular complexity index is 1160. The Morgan fingerprint density at radius 1 is 0.655 bits per heavy atom. The Morgan fingerprint density at radius 2 is 1.48 bits per heavy atom. The number of para-hydroxylation sites is 1. The zero-order valence-corrected chi connectivity index (χ0v) is 15.8. The van der Waals surface area contributed by atoms with E-state index < -0.39 is 0 Å². The van der Waals surface area contributed by atoms with Crippen LogP contribution in [0.1, 0.15) is 5.56 Å². The third kappa shape index (κ3) is 3.76. The predicted molar refractivity (Wildman–Crippen MR) is 117 cm³/mol. The number of benzene rings is 4. The van der Waals surface area contributed by atoms with E-state index in [9.17, 15) is 0 Å². The molecule has 0 unspecified atom stereocenters. The quantitative estimate of drug-likeness (QED) is 0.380. The number of hydrogen-bond donors (Lipinski definition) is 0. The summed E-state index contributed by atoms with van der Waals surface area (Å²) in [5.41, 5.74) is 6.55. The average Bonchev–Trinajstić information content (AvgIpc) is 2.79. The van der Waals surface area contributed by atoms with Crippen LogP contribution in [0.4, 0.5) is 5.69 Å². The van der Waals surface area contributed by atoms with Crippen molar-refractivity contribution in [1.82, 2.24) is 0 Å². The summed E-state index contributed by atoms with van der Waals surface area (Å²) >= 11 is 0. The Kier molecular flexibility index (Phi) is 4.55. The fraction of sp³-hybridized carbons (Fsp3) is 0.0385. The maximum atomic E-state index is 5.62. The summed E-state index contributed by atoms with van der Waals surface area (Å²) in [6.07, 6.45) is 1.90. The predicted octanol–water partition coefficient (Wildman–Crippen LogP) is 6.50. The summed E-state index contributed by atoms with van der Waals surface area (Å²) in [7, 11) is 0. The highest BCUT2D eigenvalue weighted by molar-refractivity contribution is 5.84. The number of hydrogen-bond acceptors (Lipinski definition) is 3. The molecule has 5 rings (SSSR count). The molecule has 0 saturated carbocycles. The van der Waals surface area contributed by atoms with Crippen molar-refractivity contribution in [3.05, 3.63) is 103 Å². The molecular formula is C26H19NO2. The minimum Gasteiger partial charge on any atom is -0.457 e. The minimum atomic E-state index is 0.268. The highest BCUT2D eigenvalue weighted by atomic mass is 16.7. The van der Waals surface area contributed by atoms with Crippen molar-refractivity contribution in [1.29, 1.82) is 0 Å². The molecule has 0 radical (unpaired) electrons. The van der Waals surface area contributed by atoms with Crippen molar-refractivity contribution in [3.63, 3.8) is 0 Å². The molecule has 0 saturated heterocycles. The van der Waals surface area contributed by atoms with Crippen molar-refractivity contribution in [3.8, 4) is 33.8 Å². The number of ether oxygens (including phenoxy) is 2. The largest absolute Gasteiger partial charge is 0.457 e. The Hall–Kier alpha value is -3.85. The van der Waals surface area contributed by atoms with Gasteiger partial charge in [0.15, 0.2) is 0 Å². The maximum Gasteiger partial charge on any atom is 0.230 e. The smallest absolute Gasteiger partial charge is 0.230 e. The van der Waals surface area contributed by atoms with E-state index in [-0.39, 0.29) is 6.79 Å². The van der Waals surface area contributed by atoms with Gasteiger partial charge in [-0.3, -0.25) is 4.99 Å². The van der Waals surface area contributed by atoms with Gasteiger partial charge >= 0.3 is 0 Å². The fourth-order valence-corrected chi connectivity index (χ4v) is 3.42. The van der Waals surface area contributed by atoms with E-state index in [0.29, 0.717) is 0 Å². The highest BCUT2D eigenvalue weighted by Crippen LogP contribution is 2.36. The topological polar surface area (TPSA) is 30.8 Å². The molecule has 0 amide bonds. The van der Waals surface area contributed by atoms with Crippen molar-refractivity contribution in [2.45, 2.75) is 0 Å². The van der Waals surface area contributed by atoms with Crippen molar-refractivity contribution in [2.75, 3.05) is 6.79 Å². The van der Waals surface area contributed by atoms with Crippen LogP contribution in [0.25, 0.3) is 22.3 Å². The number of rotatable bonds is 4.